The van der Waals surface area contributed by atoms with Gasteiger partial charge in [0.25, 0.3) is 0 Å². The number of benzene rings is 1. The van der Waals surface area contributed by atoms with Crippen LogP contribution in [0.4, 0.5) is 13.2 Å². The van der Waals surface area contributed by atoms with Crippen LogP contribution in [-0.4, -0.2) is 99.9 Å². The van der Waals surface area contributed by atoms with E-state index in [0.29, 0.717) is 49.1 Å². The SMILES string of the molecule is C[C@]12C=CC(=O)C=C1[C@@H](F)C[C@H]1[C@@H]3C[C@H]4O[C@@H](c5ccc(CC6CCC(NC(=O)[C@H](CCCCN)NC(=O)CNC(=O)CBr)CC6)cc5)O[C@@]4(C(=O)SCF)[C@@]3(C)C[C@H](O)[C@@]12F. The molecule has 6 aliphatic rings. The number of ketones is 1. The molecule has 1 aromatic rings. The van der Waals surface area contributed by atoms with Gasteiger partial charge in [-0.05, 0) is 119 Å². The second-order valence-corrected chi connectivity index (χ2v) is 19.9. The van der Waals surface area contributed by atoms with E-state index in [0.717, 1.165) is 43.7 Å². The number of halogens is 4. The van der Waals surface area contributed by atoms with Crippen LogP contribution in [0.5, 0.6) is 0 Å². The van der Waals surface area contributed by atoms with Gasteiger partial charge >= 0.3 is 0 Å². The van der Waals surface area contributed by atoms with E-state index in [1.807, 2.05) is 24.3 Å². The molecule has 4 saturated carbocycles. The highest BCUT2D eigenvalue weighted by Crippen LogP contribution is 2.73. The molecule has 340 valence electrons. The quantitative estimate of drug-likeness (QED) is 0.114. The fourth-order valence-electron chi connectivity index (χ4n) is 11.8. The van der Waals surface area contributed by atoms with Crippen LogP contribution in [-0.2, 0) is 39.9 Å². The highest BCUT2D eigenvalue weighted by molar-refractivity contribution is 9.09. The number of aliphatic hydroxyl groups excluding tert-OH is 1. The van der Waals surface area contributed by atoms with Crippen LogP contribution in [0.2, 0.25) is 0 Å². The Morgan fingerprint density at radius 1 is 1.05 bits per heavy atom. The van der Waals surface area contributed by atoms with Crippen molar-refractivity contribution in [1.82, 2.24) is 16.0 Å². The molecule has 11 atom stereocenters. The van der Waals surface area contributed by atoms with Gasteiger partial charge in [0.15, 0.2) is 23.3 Å². The molecule has 7 rings (SSSR count). The standard InChI is InChI=1S/C45H58BrF3N4O8S/c1-42-15-14-29(54)18-32(42)33(48)19-31-30-20-36-45(41(59)62-24-47,43(30,2)21-35(55)44(31,42)49)61-40(60-36)27-10-6-25(7-11-27)17-26-8-12-28(13-9-26)52-39(58)34(5-3-4-16-50)53-38(57)23-51-37(56)22-46/h6-7,10-11,14-15,18,26,28,30-31,33-36,40,55H,3-5,8-9,12-13,16-17,19-24,50H2,1-2H3,(H,51,56)(H,52,58)(H,53,57)/t26?,28?,30-,31-,33-,34-,35-,36+,40+,42-,43-,44-,45-/m0/s1. The fraction of sp³-hybridized carbons (Fsp3) is 0.667. The first-order chi connectivity index (χ1) is 29.5. The molecule has 3 amide bonds. The summed E-state index contributed by atoms with van der Waals surface area (Å²) in [5.41, 5.74) is 0.467. The second kappa shape index (κ2) is 18.8. The van der Waals surface area contributed by atoms with Crippen LogP contribution in [0.15, 0.2) is 48.1 Å². The summed E-state index contributed by atoms with van der Waals surface area (Å²) < 4.78 is 60.9. The van der Waals surface area contributed by atoms with Crippen molar-refractivity contribution < 1.29 is 51.7 Å². The minimum absolute atomic E-state index is 0.00846. The number of ether oxygens (including phenoxy) is 2. The van der Waals surface area contributed by atoms with Gasteiger partial charge in [-0.25, -0.2) is 13.2 Å². The molecule has 0 spiro atoms. The molecule has 0 radical (unpaired) electrons. The number of aliphatic hydroxyl groups is 1. The first-order valence-electron chi connectivity index (χ1n) is 21.8. The number of allylic oxidation sites excluding steroid dienone is 4. The molecule has 17 heteroatoms. The molecule has 1 heterocycles. The molecule has 0 aromatic heterocycles. The molecule has 5 aliphatic carbocycles. The minimum Gasteiger partial charge on any atom is -0.390 e. The monoisotopic (exact) mass is 950 g/mol. The fourth-order valence-corrected chi connectivity index (χ4v) is 12.7. The smallest absolute Gasteiger partial charge is 0.242 e. The molecule has 12 nitrogen and oxygen atoms in total. The summed E-state index contributed by atoms with van der Waals surface area (Å²) in [6.07, 6.45) is 4.07. The van der Waals surface area contributed by atoms with E-state index in [1.165, 1.54) is 19.1 Å². The molecule has 6 N–H and O–H groups in total. The third-order valence-corrected chi connectivity index (χ3v) is 16.2. The summed E-state index contributed by atoms with van der Waals surface area (Å²) in [6.45, 7) is 3.52. The number of nitrogens with one attached hydrogen (secondary N) is 3. The van der Waals surface area contributed by atoms with Crippen molar-refractivity contribution in [2.75, 3.05) is 24.4 Å². The third-order valence-electron chi connectivity index (χ3n) is 15.0. The predicted octanol–water partition coefficient (Wildman–Crippen LogP) is 5.30. The van der Waals surface area contributed by atoms with Crippen LogP contribution >= 0.6 is 27.7 Å². The number of carbonyl (C=O) groups excluding carboxylic acids is 5. The molecule has 0 unspecified atom stereocenters. The summed E-state index contributed by atoms with van der Waals surface area (Å²) in [5, 5.41) is 19.7. The number of amides is 3. The van der Waals surface area contributed by atoms with Gasteiger partial charge in [0.05, 0.1) is 24.1 Å². The highest BCUT2D eigenvalue weighted by atomic mass is 79.9. The van der Waals surface area contributed by atoms with E-state index >= 15 is 8.78 Å². The molecule has 1 aliphatic heterocycles. The molecule has 62 heavy (non-hydrogen) atoms. The van der Waals surface area contributed by atoms with Crippen molar-refractivity contribution in [3.63, 3.8) is 0 Å². The molecule has 1 saturated heterocycles. The topological polar surface area (TPSA) is 186 Å². The lowest BCUT2D eigenvalue weighted by molar-refractivity contribution is -0.232. The van der Waals surface area contributed by atoms with E-state index in [-0.39, 0.29) is 54.6 Å². The first-order valence-corrected chi connectivity index (χ1v) is 23.9. The lowest BCUT2D eigenvalue weighted by atomic mass is 9.44. The van der Waals surface area contributed by atoms with Crippen LogP contribution in [0.3, 0.4) is 0 Å². The van der Waals surface area contributed by atoms with E-state index in [1.54, 1.807) is 6.92 Å². The third kappa shape index (κ3) is 8.36. The van der Waals surface area contributed by atoms with Crippen LogP contribution in [0.1, 0.15) is 95.5 Å². The normalized spacial score (nSPS) is 37.5. The van der Waals surface area contributed by atoms with E-state index < -0.39 is 87.5 Å². The maximum absolute atomic E-state index is 17.8. The maximum atomic E-state index is 17.8. The van der Waals surface area contributed by atoms with E-state index in [2.05, 4.69) is 31.9 Å². The number of thioether (sulfide) groups is 1. The Morgan fingerprint density at radius 3 is 2.45 bits per heavy atom. The number of unbranched alkanes of at least 4 members (excludes halogenated alkanes) is 1. The zero-order chi connectivity index (χ0) is 44.6. The summed E-state index contributed by atoms with van der Waals surface area (Å²) in [7, 11) is 0. The van der Waals surface area contributed by atoms with Crippen LogP contribution in [0, 0.1) is 28.6 Å². The average molecular weight is 952 g/mol. The highest BCUT2D eigenvalue weighted by Gasteiger charge is 2.80. The Morgan fingerprint density at radius 2 is 1.77 bits per heavy atom. The molecule has 1 aromatic carbocycles. The van der Waals surface area contributed by atoms with Gasteiger partial charge < -0.3 is 36.3 Å². The van der Waals surface area contributed by atoms with E-state index in [9.17, 15) is 33.5 Å². The lowest BCUT2D eigenvalue weighted by Crippen LogP contribution is -2.70. The second-order valence-electron chi connectivity index (χ2n) is 18.4. The summed E-state index contributed by atoms with van der Waals surface area (Å²) in [6, 6.07) is 5.92. The van der Waals surface area contributed by atoms with Crippen molar-refractivity contribution in [1.29, 1.82) is 0 Å². The number of hydrogen-bond acceptors (Lipinski definition) is 10. The molecule has 5 fully saturated rings. The summed E-state index contributed by atoms with van der Waals surface area (Å²) >= 11 is 3.50. The maximum Gasteiger partial charge on any atom is 0.242 e. The van der Waals surface area contributed by atoms with Gasteiger partial charge in [0, 0.05) is 28.4 Å². The zero-order valence-corrected chi connectivity index (χ0v) is 37.5. The van der Waals surface area contributed by atoms with Crippen LogP contribution in [0.25, 0.3) is 0 Å². The largest absolute Gasteiger partial charge is 0.390 e. The Kier molecular flexibility index (Phi) is 14.2. The van der Waals surface area contributed by atoms with E-state index in [4.69, 9.17) is 15.2 Å². The molecular weight excluding hydrogens is 893 g/mol. The predicted molar refractivity (Wildman–Crippen MR) is 230 cm³/mol. The van der Waals surface area contributed by atoms with Gasteiger partial charge in [-0.3, -0.25) is 24.0 Å². The average Bonchev–Trinajstić information content (AvgIpc) is 3.75. The van der Waals surface area contributed by atoms with Crippen molar-refractivity contribution in [3.8, 4) is 0 Å². The van der Waals surface area contributed by atoms with Gasteiger partial charge in [0.2, 0.25) is 22.8 Å². The van der Waals surface area contributed by atoms with Gasteiger partial charge in [0.1, 0.15) is 18.2 Å². The summed E-state index contributed by atoms with van der Waals surface area (Å²) in [5.74, 6) is -2.81. The Balaban J connectivity index is 0.982. The van der Waals surface area contributed by atoms with Gasteiger partial charge in [-0.1, -0.05) is 65.0 Å². The van der Waals surface area contributed by atoms with Crippen molar-refractivity contribution in [2.24, 2.45) is 34.3 Å². The van der Waals surface area contributed by atoms with Crippen molar-refractivity contribution in [2.45, 2.75) is 132 Å². The van der Waals surface area contributed by atoms with Crippen molar-refractivity contribution in [3.05, 3.63) is 59.2 Å². The first kappa shape index (κ1) is 46.9. The zero-order valence-electron chi connectivity index (χ0n) is 35.1. The number of rotatable bonds is 15. The van der Waals surface area contributed by atoms with Gasteiger partial charge in [-0.2, -0.15) is 0 Å². The number of nitrogens with two attached hydrogens (primary N) is 1. The number of fused-ring (bicyclic) bond motifs is 7. The van der Waals surface area contributed by atoms with Crippen molar-refractivity contribution >= 4 is 56.3 Å². The minimum atomic E-state index is -2.34. The summed E-state index contributed by atoms with van der Waals surface area (Å²) in [4.78, 5) is 63.7. The number of alkyl halides is 4. The molecular formula is C45H58BrF3N4O8S. The molecule has 0 bridgehead atoms. The Bertz CT molecular complexity index is 1950. The van der Waals surface area contributed by atoms with Gasteiger partial charge in [-0.15, -0.1) is 0 Å². The number of carbonyl (C=O) groups is 5. The Hall–Kier alpha value is -3.09. The lowest BCUT2D eigenvalue weighted by Gasteiger charge is -2.63. The van der Waals surface area contributed by atoms with Crippen LogP contribution < -0.4 is 21.7 Å². The Labute approximate surface area is 373 Å². The number of hydrogen-bond donors (Lipinski definition) is 5.